The first-order chi connectivity index (χ1) is 11.5. The molecule has 0 aromatic rings. The molecule has 24 heavy (non-hydrogen) atoms. The van der Waals surface area contributed by atoms with Gasteiger partial charge in [-0.3, -0.25) is 0 Å². The van der Waals surface area contributed by atoms with E-state index in [0.29, 0.717) is 0 Å². The van der Waals surface area contributed by atoms with Crippen LogP contribution in [-0.4, -0.2) is 23.1 Å². The second kappa shape index (κ2) is 8.50. The molecule has 0 radical (unpaired) electrons. The summed E-state index contributed by atoms with van der Waals surface area (Å²) in [6.07, 6.45) is 16.0. The Kier molecular flexibility index (Phi) is 6.64. The molecule has 0 aromatic carbocycles. The predicted octanol–water partition coefficient (Wildman–Crippen LogP) is 4.63. The summed E-state index contributed by atoms with van der Waals surface area (Å²) in [6, 6.07) is 0. The van der Waals surface area contributed by atoms with Gasteiger partial charge in [-0.1, -0.05) is 12.2 Å². The molecule has 0 N–H and O–H groups in total. The molecule has 0 bridgehead atoms. The Bertz CT molecular complexity index is 446. The molecule has 2 fully saturated rings. The lowest BCUT2D eigenvalue weighted by Gasteiger charge is -2.34. The van der Waals surface area contributed by atoms with Crippen LogP contribution < -0.4 is 0 Å². The zero-order valence-corrected chi connectivity index (χ0v) is 15.0. The van der Waals surface area contributed by atoms with Gasteiger partial charge >= 0.3 is 11.9 Å². The average molecular weight is 334 g/mol. The molecule has 0 unspecified atom stereocenters. The van der Waals surface area contributed by atoms with E-state index >= 15 is 0 Å². The number of hydrogen-bond donors (Lipinski definition) is 0. The molecule has 0 aromatic heterocycles. The number of hydrogen-bond acceptors (Lipinski definition) is 4. The van der Waals surface area contributed by atoms with Crippen LogP contribution in [-0.2, 0) is 19.1 Å². The van der Waals surface area contributed by atoms with Crippen molar-refractivity contribution in [2.75, 3.05) is 0 Å². The van der Waals surface area contributed by atoms with E-state index in [4.69, 9.17) is 9.47 Å². The van der Waals surface area contributed by atoms with Crippen molar-refractivity contribution in [1.82, 2.24) is 0 Å². The minimum Gasteiger partial charge on any atom is -0.456 e. The summed E-state index contributed by atoms with van der Waals surface area (Å²) in [5, 5.41) is 0. The molecule has 4 heteroatoms. The molecule has 0 heterocycles. The lowest BCUT2D eigenvalue weighted by molar-refractivity contribution is -0.162. The van der Waals surface area contributed by atoms with Crippen molar-refractivity contribution in [2.24, 2.45) is 0 Å². The summed E-state index contributed by atoms with van der Waals surface area (Å²) in [4.78, 5) is 23.9. The minimum atomic E-state index is -0.376. The highest BCUT2D eigenvalue weighted by atomic mass is 16.6. The van der Waals surface area contributed by atoms with E-state index in [1.165, 1.54) is 12.2 Å². The Balaban J connectivity index is 2.02. The standard InChI is InChI=1S/C20H30O4/c1-3-9-17(21)23-19(11-5-6-12-19)15-16-20(13-7-8-14-20)24-18(22)10-4-2/h3-4,9-10H,5-8,11-16H2,1-2H3/b9-3+,10-4+. The van der Waals surface area contributed by atoms with Gasteiger partial charge in [0, 0.05) is 12.2 Å². The molecule has 2 aliphatic carbocycles. The second-order valence-corrected chi connectivity index (χ2v) is 7.12. The van der Waals surface area contributed by atoms with E-state index in [2.05, 4.69) is 0 Å². The van der Waals surface area contributed by atoms with Crippen molar-refractivity contribution < 1.29 is 19.1 Å². The molecule has 0 saturated heterocycles. The molecule has 0 atom stereocenters. The summed E-state index contributed by atoms with van der Waals surface area (Å²) in [5.41, 5.74) is -0.752. The molecule has 0 amide bonds. The van der Waals surface area contributed by atoms with Crippen LogP contribution in [0.5, 0.6) is 0 Å². The van der Waals surface area contributed by atoms with Gasteiger partial charge < -0.3 is 9.47 Å². The fraction of sp³-hybridized carbons (Fsp3) is 0.700. The summed E-state index contributed by atoms with van der Waals surface area (Å²) >= 11 is 0. The molecule has 0 aliphatic heterocycles. The van der Waals surface area contributed by atoms with Crippen LogP contribution in [0.3, 0.4) is 0 Å². The van der Waals surface area contributed by atoms with Gasteiger partial charge in [0.25, 0.3) is 0 Å². The lowest BCUT2D eigenvalue weighted by atomic mass is 9.86. The van der Waals surface area contributed by atoms with E-state index < -0.39 is 0 Å². The Morgan fingerprint density at radius 2 is 1.08 bits per heavy atom. The number of carbonyl (C=O) groups excluding carboxylic acids is 2. The first kappa shape index (κ1) is 18.8. The highest BCUT2D eigenvalue weighted by Crippen LogP contribution is 2.43. The van der Waals surface area contributed by atoms with Gasteiger partial charge in [0.15, 0.2) is 0 Å². The molecule has 0 spiro atoms. The van der Waals surface area contributed by atoms with Gasteiger partial charge in [0.2, 0.25) is 0 Å². The quantitative estimate of drug-likeness (QED) is 0.503. The minimum absolute atomic E-state index is 0.259. The van der Waals surface area contributed by atoms with Crippen molar-refractivity contribution in [3.63, 3.8) is 0 Å². The first-order valence-corrected chi connectivity index (χ1v) is 9.24. The molecular formula is C20H30O4. The number of carbonyl (C=O) groups is 2. The Morgan fingerprint density at radius 3 is 1.38 bits per heavy atom. The predicted molar refractivity (Wildman–Crippen MR) is 93.4 cm³/mol. The lowest BCUT2D eigenvalue weighted by Crippen LogP contribution is -2.38. The zero-order chi connectivity index (χ0) is 17.5. The maximum absolute atomic E-state index is 11.9. The van der Waals surface area contributed by atoms with Crippen molar-refractivity contribution in [1.29, 1.82) is 0 Å². The SMILES string of the molecule is C/C=C/C(=O)OC1(CCC2(OC(=O)/C=C/C)CCCC2)CCCC1. The Morgan fingerprint density at radius 1 is 0.750 bits per heavy atom. The van der Waals surface area contributed by atoms with Gasteiger partial charge in [0.05, 0.1) is 0 Å². The normalized spacial score (nSPS) is 22.2. The van der Waals surface area contributed by atoms with Crippen LogP contribution in [0.1, 0.15) is 78.1 Å². The fourth-order valence-electron chi connectivity index (χ4n) is 4.07. The largest absolute Gasteiger partial charge is 0.456 e. The summed E-state index contributed by atoms with van der Waals surface area (Å²) in [5.74, 6) is -0.517. The van der Waals surface area contributed by atoms with E-state index in [1.807, 2.05) is 13.8 Å². The third kappa shape index (κ3) is 4.96. The maximum atomic E-state index is 11.9. The van der Waals surface area contributed by atoms with Crippen molar-refractivity contribution in [3.05, 3.63) is 24.3 Å². The Hall–Kier alpha value is -1.58. The van der Waals surface area contributed by atoms with E-state index in [1.54, 1.807) is 12.2 Å². The second-order valence-electron chi connectivity index (χ2n) is 7.12. The molecule has 4 nitrogen and oxygen atoms in total. The number of rotatable bonds is 7. The number of ether oxygens (including phenoxy) is 2. The van der Waals surface area contributed by atoms with E-state index in [9.17, 15) is 9.59 Å². The molecule has 2 aliphatic rings. The average Bonchev–Trinajstić information content (AvgIpc) is 3.17. The van der Waals surface area contributed by atoms with Crippen molar-refractivity contribution in [2.45, 2.75) is 89.3 Å². The van der Waals surface area contributed by atoms with Crippen molar-refractivity contribution >= 4 is 11.9 Å². The highest BCUT2D eigenvalue weighted by Gasteiger charge is 2.43. The van der Waals surface area contributed by atoms with Crippen LogP contribution in [0.15, 0.2) is 24.3 Å². The first-order valence-electron chi connectivity index (χ1n) is 9.24. The smallest absolute Gasteiger partial charge is 0.330 e. The molecule has 134 valence electrons. The van der Waals surface area contributed by atoms with Crippen LogP contribution in [0.2, 0.25) is 0 Å². The van der Waals surface area contributed by atoms with Crippen molar-refractivity contribution in [3.8, 4) is 0 Å². The van der Waals surface area contributed by atoms with Crippen LogP contribution in [0, 0.1) is 0 Å². The van der Waals surface area contributed by atoms with Gasteiger partial charge in [-0.25, -0.2) is 9.59 Å². The monoisotopic (exact) mass is 334 g/mol. The van der Waals surface area contributed by atoms with Gasteiger partial charge in [-0.05, 0) is 78.1 Å². The third-order valence-corrected chi connectivity index (χ3v) is 5.31. The highest BCUT2D eigenvalue weighted by molar-refractivity contribution is 5.82. The van der Waals surface area contributed by atoms with Gasteiger partial charge in [-0.2, -0.15) is 0 Å². The molecular weight excluding hydrogens is 304 g/mol. The fourth-order valence-corrected chi connectivity index (χ4v) is 4.07. The summed E-state index contributed by atoms with van der Waals surface area (Å²) in [7, 11) is 0. The van der Waals surface area contributed by atoms with Crippen LogP contribution >= 0.6 is 0 Å². The summed E-state index contributed by atoms with van der Waals surface area (Å²) in [6.45, 7) is 3.63. The molecule has 2 rings (SSSR count). The zero-order valence-electron chi connectivity index (χ0n) is 15.0. The van der Waals surface area contributed by atoms with Gasteiger partial charge in [-0.15, -0.1) is 0 Å². The number of esters is 2. The van der Waals surface area contributed by atoms with E-state index in [-0.39, 0.29) is 23.1 Å². The Labute approximate surface area is 145 Å². The number of allylic oxidation sites excluding steroid dienone is 2. The topological polar surface area (TPSA) is 52.6 Å². The maximum Gasteiger partial charge on any atom is 0.330 e. The third-order valence-electron chi connectivity index (χ3n) is 5.31. The van der Waals surface area contributed by atoms with E-state index in [0.717, 1.165) is 64.2 Å². The summed E-state index contributed by atoms with van der Waals surface area (Å²) < 4.78 is 11.6. The van der Waals surface area contributed by atoms with Gasteiger partial charge in [0.1, 0.15) is 11.2 Å². The van der Waals surface area contributed by atoms with Crippen LogP contribution in [0.25, 0.3) is 0 Å². The molecule has 2 saturated carbocycles. The van der Waals surface area contributed by atoms with Crippen LogP contribution in [0.4, 0.5) is 0 Å².